The molecule has 1 rings (SSSR count). The minimum Gasteiger partial charge on any atom is -0.349 e. The second kappa shape index (κ2) is 7.29. The Morgan fingerprint density at radius 2 is 1.79 bits per heavy atom. The van der Waals surface area contributed by atoms with Gasteiger partial charge in [-0.2, -0.15) is 0 Å². The van der Waals surface area contributed by atoms with Gasteiger partial charge in [0.05, 0.1) is 11.5 Å². The predicted octanol–water partition coefficient (Wildman–Crippen LogP) is 2.81. The molecule has 0 saturated carbocycles. The molecule has 1 amide bonds. The second-order valence-corrected chi connectivity index (χ2v) is 5.05. The van der Waals surface area contributed by atoms with Gasteiger partial charge in [-0.05, 0) is 24.8 Å². The Labute approximate surface area is 116 Å². The highest BCUT2D eigenvalue weighted by Crippen LogP contribution is 2.22. The molecule has 0 saturated heterocycles. The number of hydrogen-bond acceptors (Lipinski definition) is 2. The molecule has 0 bridgehead atoms. The van der Waals surface area contributed by atoms with Crippen LogP contribution in [0.3, 0.4) is 0 Å². The lowest BCUT2D eigenvalue weighted by atomic mass is 9.89. The Morgan fingerprint density at radius 1 is 1.21 bits per heavy atom. The van der Waals surface area contributed by atoms with E-state index in [4.69, 9.17) is 5.73 Å². The molecule has 0 radical (unpaired) electrons. The van der Waals surface area contributed by atoms with Gasteiger partial charge in [0.1, 0.15) is 0 Å². The van der Waals surface area contributed by atoms with Crippen LogP contribution in [0.15, 0.2) is 30.3 Å². The average molecular weight is 262 g/mol. The topological polar surface area (TPSA) is 55.1 Å². The van der Waals surface area contributed by atoms with Crippen molar-refractivity contribution in [2.45, 2.75) is 51.5 Å². The van der Waals surface area contributed by atoms with Gasteiger partial charge in [0.25, 0.3) is 0 Å². The van der Waals surface area contributed by atoms with Crippen LogP contribution in [0.25, 0.3) is 0 Å². The van der Waals surface area contributed by atoms with Gasteiger partial charge in [-0.25, -0.2) is 0 Å². The van der Waals surface area contributed by atoms with Crippen molar-refractivity contribution in [3.05, 3.63) is 35.9 Å². The second-order valence-electron chi connectivity index (χ2n) is 5.05. The highest BCUT2D eigenvalue weighted by Gasteiger charge is 2.29. The monoisotopic (exact) mass is 262 g/mol. The standard InChI is InChI=1S/C16H26N2O/c1-4-14(13-10-8-7-9-11-13)15(19)18-16(5-2,6-3)12-17/h7-11,14H,4-6,12,17H2,1-3H3,(H,18,19). The first-order valence-corrected chi connectivity index (χ1v) is 7.19. The van der Waals surface area contributed by atoms with E-state index in [-0.39, 0.29) is 17.4 Å². The van der Waals surface area contributed by atoms with Crippen LogP contribution in [0, 0.1) is 0 Å². The third-order valence-corrected chi connectivity index (χ3v) is 4.06. The summed E-state index contributed by atoms with van der Waals surface area (Å²) in [7, 11) is 0. The van der Waals surface area contributed by atoms with E-state index in [1.165, 1.54) is 0 Å². The summed E-state index contributed by atoms with van der Waals surface area (Å²) < 4.78 is 0. The van der Waals surface area contributed by atoms with E-state index < -0.39 is 0 Å². The van der Waals surface area contributed by atoms with Crippen LogP contribution in [-0.2, 0) is 4.79 Å². The van der Waals surface area contributed by atoms with Gasteiger partial charge in [0, 0.05) is 6.54 Å². The maximum Gasteiger partial charge on any atom is 0.228 e. The van der Waals surface area contributed by atoms with Crippen molar-refractivity contribution >= 4 is 5.91 Å². The first-order chi connectivity index (χ1) is 9.12. The van der Waals surface area contributed by atoms with Crippen LogP contribution in [-0.4, -0.2) is 18.0 Å². The molecule has 0 aliphatic carbocycles. The minimum atomic E-state index is -0.265. The zero-order chi connectivity index (χ0) is 14.3. The van der Waals surface area contributed by atoms with Crippen LogP contribution in [0.5, 0.6) is 0 Å². The largest absolute Gasteiger partial charge is 0.349 e. The summed E-state index contributed by atoms with van der Waals surface area (Å²) in [6.45, 7) is 6.66. The van der Waals surface area contributed by atoms with Gasteiger partial charge in [-0.3, -0.25) is 4.79 Å². The third kappa shape index (κ3) is 3.80. The summed E-state index contributed by atoms with van der Waals surface area (Å²) in [4.78, 5) is 12.5. The molecule has 1 atom stereocenters. The van der Waals surface area contributed by atoms with Crippen molar-refractivity contribution in [2.75, 3.05) is 6.54 Å². The van der Waals surface area contributed by atoms with E-state index in [0.29, 0.717) is 6.54 Å². The SMILES string of the molecule is CCC(C(=O)NC(CC)(CC)CN)c1ccccc1. The number of hydrogen-bond donors (Lipinski definition) is 2. The van der Waals surface area contributed by atoms with Crippen molar-refractivity contribution in [3.63, 3.8) is 0 Å². The molecular formula is C16H26N2O. The van der Waals surface area contributed by atoms with Crippen LogP contribution in [0.1, 0.15) is 51.5 Å². The van der Waals surface area contributed by atoms with E-state index in [0.717, 1.165) is 24.8 Å². The number of benzene rings is 1. The minimum absolute atomic E-state index is 0.0860. The first kappa shape index (κ1) is 15.7. The maximum atomic E-state index is 12.5. The van der Waals surface area contributed by atoms with Gasteiger partial charge in [0.2, 0.25) is 5.91 Å². The Balaban J connectivity index is 2.86. The molecule has 0 aromatic heterocycles. The number of carbonyl (C=O) groups is 1. The maximum absolute atomic E-state index is 12.5. The van der Waals surface area contributed by atoms with Crippen LogP contribution in [0.4, 0.5) is 0 Å². The Morgan fingerprint density at radius 3 is 2.21 bits per heavy atom. The molecule has 0 heterocycles. The molecular weight excluding hydrogens is 236 g/mol. The molecule has 0 aliphatic rings. The number of nitrogens with one attached hydrogen (secondary N) is 1. The van der Waals surface area contributed by atoms with Crippen molar-refractivity contribution in [1.29, 1.82) is 0 Å². The zero-order valence-corrected chi connectivity index (χ0v) is 12.3. The lowest BCUT2D eigenvalue weighted by molar-refractivity contribution is -0.124. The van der Waals surface area contributed by atoms with Crippen LogP contribution >= 0.6 is 0 Å². The van der Waals surface area contributed by atoms with Crippen molar-refractivity contribution in [3.8, 4) is 0 Å². The molecule has 1 unspecified atom stereocenters. The smallest absolute Gasteiger partial charge is 0.228 e. The van der Waals surface area contributed by atoms with Crippen molar-refractivity contribution in [1.82, 2.24) is 5.32 Å². The fourth-order valence-corrected chi connectivity index (χ4v) is 2.37. The Kier molecular flexibility index (Phi) is 6.03. The van der Waals surface area contributed by atoms with E-state index >= 15 is 0 Å². The summed E-state index contributed by atoms with van der Waals surface area (Å²) in [5.74, 6) is -0.00641. The van der Waals surface area contributed by atoms with Crippen LogP contribution in [0.2, 0.25) is 0 Å². The lowest BCUT2D eigenvalue weighted by Crippen LogP contribution is -2.54. The fourth-order valence-electron chi connectivity index (χ4n) is 2.37. The number of carbonyl (C=O) groups excluding carboxylic acids is 1. The first-order valence-electron chi connectivity index (χ1n) is 7.19. The third-order valence-electron chi connectivity index (χ3n) is 4.06. The van der Waals surface area contributed by atoms with Crippen LogP contribution < -0.4 is 11.1 Å². The van der Waals surface area contributed by atoms with Crippen molar-refractivity contribution in [2.24, 2.45) is 5.73 Å². The Bertz CT molecular complexity index is 377. The van der Waals surface area contributed by atoms with Gasteiger partial charge >= 0.3 is 0 Å². The van der Waals surface area contributed by atoms with Gasteiger partial charge in [0.15, 0.2) is 0 Å². The fraction of sp³-hybridized carbons (Fsp3) is 0.562. The van der Waals surface area contributed by atoms with Crippen molar-refractivity contribution < 1.29 is 4.79 Å². The molecule has 3 N–H and O–H groups in total. The van der Waals surface area contributed by atoms with Gasteiger partial charge in [-0.1, -0.05) is 51.1 Å². The summed E-state index contributed by atoms with van der Waals surface area (Å²) >= 11 is 0. The highest BCUT2D eigenvalue weighted by atomic mass is 16.2. The van der Waals surface area contributed by atoms with Gasteiger partial charge < -0.3 is 11.1 Å². The quantitative estimate of drug-likeness (QED) is 0.794. The zero-order valence-electron chi connectivity index (χ0n) is 12.3. The Hall–Kier alpha value is -1.35. The van der Waals surface area contributed by atoms with E-state index in [2.05, 4.69) is 19.2 Å². The predicted molar refractivity (Wildman–Crippen MR) is 80.0 cm³/mol. The number of rotatable bonds is 7. The molecule has 0 fully saturated rings. The molecule has 0 aliphatic heterocycles. The van der Waals surface area contributed by atoms with Gasteiger partial charge in [-0.15, -0.1) is 0 Å². The molecule has 1 aromatic rings. The lowest BCUT2D eigenvalue weighted by Gasteiger charge is -2.33. The average Bonchev–Trinajstić information content (AvgIpc) is 2.47. The molecule has 3 heteroatoms. The molecule has 0 spiro atoms. The molecule has 1 aromatic carbocycles. The van der Waals surface area contributed by atoms with E-state index in [1.807, 2.05) is 37.3 Å². The number of nitrogens with two attached hydrogens (primary N) is 1. The normalized spacial score (nSPS) is 13.1. The summed E-state index contributed by atoms with van der Waals surface area (Å²) in [5.41, 5.74) is 6.65. The van der Waals surface area contributed by atoms with E-state index in [1.54, 1.807) is 0 Å². The highest BCUT2D eigenvalue weighted by molar-refractivity contribution is 5.84. The molecule has 19 heavy (non-hydrogen) atoms. The van der Waals surface area contributed by atoms with E-state index in [9.17, 15) is 4.79 Å². The summed E-state index contributed by atoms with van der Waals surface area (Å²) in [6, 6.07) is 9.93. The summed E-state index contributed by atoms with van der Waals surface area (Å²) in [5, 5.41) is 3.17. The number of amides is 1. The molecule has 106 valence electrons. The molecule has 3 nitrogen and oxygen atoms in total. The summed E-state index contributed by atoms with van der Waals surface area (Å²) in [6.07, 6.45) is 2.51.